The van der Waals surface area contributed by atoms with Crippen molar-refractivity contribution in [1.29, 1.82) is 0 Å². The van der Waals surface area contributed by atoms with Crippen LogP contribution in [0.15, 0.2) is 0 Å². The van der Waals surface area contributed by atoms with Crippen LogP contribution in [0.4, 0.5) is 0 Å². The lowest BCUT2D eigenvalue weighted by Gasteiger charge is -2.22. The van der Waals surface area contributed by atoms with Crippen LogP contribution < -0.4 is 0 Å². The number of hydrogen-bond donors (Lipinski definition) is 0. The second kappa shape index (κ2) is 49.1. The number of rotatable bonds is 10. The molecule has 0 spiro atoms. The summed E-state index contributed by atoms with van der Waals surface area (Å²) < 4.78 is 0. The van der Waals surface area contributed by atoms with Crippen LogP contribution in [0, 0.1) is 58.2 Å². The summed E-state index contributed by atoms with van der Waals surface area (Å²) in [7, 11) is 0. The predicted molar refractivity (Wildman–Crippen MR) is 240 cm³/mol. The molecular weight excluding hydrogens is 577 g/mol. The van der Waals surface area contributed by atoms with Crippen molar-refractivity contribution in [3.63, 3.8) is 0 Å². The van der Waals surface area contributed by atoms with Crippen molar-refractivity contribution in [2.24, 2.45) is 58.2 Å². The highest BCUT2D eigenvalue weighted by Crippen LogP contribution is 2.24. The van der Waals surface area contributed by atoms with Crippen molar-refractivity contribution in [3.8, 4) is 0 Å². The molecule has 306 valence electrons. The second-order valence-electron chi connectivity index (χ2n) is 18.0. The highest BCUT2D eigenvalue weighted by molar-refractivity contribution is 4.64. The molecule has 48 heavy (non-hydrogen) atoms. The molecule has 0 heterocycles. The smallest absolute Gasteiger partial charge is 0.0359 e. The molecule has 0 aromatic carbocycles. The van der Waals surface area contributed by atoms with E-state index in [1.807, 2.05) is 0 Å². The summed E-state index contributed by atoms with van der Waals surface area (Å²) >= 11 is 0. The van der Waals surface area contributed by atoms with Crippen LogP contribution in [0.2, 0.25) is 0 Å². The maximum Gasteiger partial charge on any atom is -0.0359 e. The highest BCUT2D eigenvalue weighted by Gasteiger charge is 2.13. The van der Waals surface area contributed by atoms with Crippen molar-refractivity contribution in [2.45, 2.75) is 259 Å². The van der Waals surface area contributed by atoms with Gasteiger partial charge >= 0.3 is 0 Å². The van der Waals surface area contributed by atoms with E-state index < -0.39 is 0 Å². The molecule has 0 fully saturated rings. The summed E-state index contributed by atoms with van der Waals surface area (Å²) in [6.45, 7) is 62.8. The van der Waals surface area contributed by atoms with Crippen molar-refractivity contribution in [3.05, 3.63) is 0 Å². The maximum atomic E-state index is 2.30. The second-order valence-corrected chi connectivity index (χ2v) is 18.0. The molecule has 0 aromatic heterocycles. The van der Waals surface area contributed by atoms with Gasteiger partial charge in [0.05, 0.1) is 0 Å². The Morgan fingerprint density at radius 2 is 0.604 bits per heavy atom. The maximum absolute atomic E-state index is 2.30. The fourth-order valence-corrected chi connectivity index (χ4v) is 1.01. The zero-order chi connectivity index (χ0) is 40.0. The third kappa shape index (κ3) is 96.9. The lowest BCUT2D eigenvalue weighted by molar-refractivity contribution is 0.283. The Kier molecular flexibility index (Phi) is 71.3. The van der Waals surface area contributed by atoms with E-state index in [1.165, 1.54) is 57.8 Å². The average molecular weight is 691 g/mol. The van der Waals surface area contributed by atoms with E-state index in [0.717, 1.165) is 47.3 Å². The van der Waals surface area contributed by atoms with E-state index in [0.29, 0.717) is 10.8 Å². The van der Waals surface area contributed by atoms with Crippen LogP contribution in [0.5, 0.6) is 0 Å². The zero-order valence-corrected chi connectivity index (χ0v) is 40.0. The highest BCUT2D eigenvalue weighted by atomic mass is 14.2. The molecule has 0 aliphatic carbocycles. The molecule has 0 bridgehead atoms. The van der Waals surface area contributed by atoms with E-state index in [-0.39, 0.29) is 7.43 Å². The summed E-state index contributed by atoms with van der Waals surface area (Å²) in [6, 6.07) is 0. The van der Waals surface area contributed by atoms with E-state index >= 15 is 0 Å². The van der Waals surface area contributed by atoms with Crippen LogP contribution in [-0.4, -0.2) is 0 Å². The van der Waals surface area contributed by atoms with Crippen molar-refractivity contribution in [2.75, 3.05) is 0 Å². The van der Waals surface area contributed by atoms with Gasteiger partial charge < -0.3 is 0 Å². The molecule has 0 amide bonds. The van der Waals surface area contributed by atoms with Crippen LogP contribution in [0.3, 0.4) is 0 Å². The molecule has 0 N–H and O–H groups in total. The Hall–Kier alpha value is 0. The summed E-state index contributed by atoms with van der Waals surface area (Å²) in [6.07, 6.45) is 11.8. The van der Waals surface area contributed by atoms with E-state index in [9.17, 15) is 0 Å². The molecule has 1 unspecified atom stereocenters. The standard InChI is InChI=1S/3C7H16.2C6H14.2C5H12.C4H10.CH4/c1-6(2)7(3,4)5;1-5-7(3,4)6-2;1-5-7(4)6(2)3;1-5(2)6(3)4;1-4-6(3)5-2;2*1-4-5(2)3;1-3-4-2;/h6H,1-5H3;5-6H2,1-4H3;6-7H,5H2,1-4H3;5-6H,1-4H3;6H,4-5H2,1-3H3;2*5H,4H2,1-3H3;3-4H2,1-2H3;1H4. The lowest BCUT2D eigenvalue weighted by Crippen LogP contribution is -2.12. The third-order valence-electron chi connectivity index (χ3n) is 10.3. The molecule has 0 rings (SSSR count). The SMILES string of the molecule is C.CC(C)C(C)(C)C.CC(C)C(C)C.CCC(C)(C)CC.CCC(C)C.CCC(C)C.CCC(C)C(C)C.CCC(C)CC.CCCC. The minimum absolute atomic E-state index is 0. The minimum atomic E-state index is 0. The molecule has 0 saturated heterocycles. The van der Waals surface area contributed by atoms with Crippen molar-refractivity contribution < 1.29 is 0 Å². The minimum Gasteiger partial charge on any atom is -0.0776 e. The van der Waals surface area contributed by atoms with Crippen molar-refractivity contribution in [1.82, 2.24) is 0 Å². The molecule has 0 radical (unpaired) electrons. The zero-order valence-electron chi connectivity index (χ0n) is 40.0. The van der Waals surface area contributed by atoms with Gasteiger partial charge in [0, 0.05) is 0 Å². The summed E-state index contributed by atoms with van der Waals surface area (Å²) in [5.41, 5.74) is 1.08. The topological polar surface area (TPSA) is 0 Å². The van der Waals surface area contributed by atoms with Crippen LogP contribution in [-0.2, 0) is 0 Å². The fourth-order valence-electron chi connectivity index (χ4n) is 1.01. The predicted octanol–water partition coefficient (Wildman–Crippen LogP) is 19.5. The summed E-state index contributed by atoms with van der Waals surface area (Å²) in [5, 5.41) is 0. The first-order valence-electron chi connectivity index (χ1n) is 21.2. The van der Waals surface area contributed by atoms with Gasteiger partial charge in [-0.25, -0.2) is 0 Å². The molecule has 0 heteroatoms. The van der Waals surface area contributed by atoms with E-state index in [2.05, 4.69) is 194 Å². The fraction of sp³-hybridized carbons (Fsp3) is 1.00. The quantitative estimate of drug-likeness (QED) is 0.214. The van der Waals surface area contributed by atoms with Crippen LogP contribution in [0.25, 0.3) is 0 Å². The summed E-state index contributed by atoms with van der Waals surface area (Å²) in [5.74, 6) is 6.97. The Morgan fingerprint density at radius 1 is 0.375 bits per heavy atom. The van der Waals surface area contributed by atoms with Crippen LogP contribution >= 0.6 is 0 Å². The average Bonchev–Trinajstić information content (AvgIpc) is 3.01. The first-order valence-corrected chi connectivity index (χ1v) is 21.2. The molecule has 0 aliphatic rings. The first kappa shape index (κ1) is 69.7. The number of unbranched alkanes of at least 4 members (excludes halogenated alkanes) is 1. The molecule has 0 nitrogen and oxygen atoms in total. The third-order valence-corrected chi connectivity index (χ3v) is 10.3. The van der Waals surface area contributed by atoms with E-state index in [4.69, 9.17) is 0 Å². The monoisotopic (exact) mass is 691 g/mol. The van der Waals surface area contributed by atoms with Gasteiger partial charge in [0.15, 0.2) is 0 Å². The lowest BCUT2D eigenvalue weighted by atomic mass is 9.84. The Labute approximate surface area is 316 Å². The molecule has 0 aliphatic heterocycles. The van der Waals surface area contributed by atoms with Crippen LogP contribution in [0.1, 0.15) is 259 Å². The molecule has 1 atom stereocenters. The first-order chi connectivity index (χ1) is 21.2. The van der Waals surface area contributed by atoms with Gasteiger partial charge in [0.25, 0.3) is 0 Å². The Bertz CT molecular complexity index is 440. The Morgan fingerprint density at radius 3 is 0.604 bits per heavy atom. The van der Waals surface area contributed by atoms with Gasteiger partial charge in [-0.05, 0) is 58.2 Å². The summed E-state index contributed by atoms with van der Waals surface area (Å²) in [4.78, 5) is 0. The Balaban J connectivity index is -0.0000000519. The van der Waals surface area contributed by atoms with Gasteiger partial charge in [0.1, 0.15) is 0 Å². The van der Waals surface area contributed by atoms with Gasteiger partial charge in [-0.15, -0.1) is 0 Å². The van der Waals surface area contributed by atoms with Gasteiger partial charge in [-0.3, -0.25) is 0 Å². The molecule has 0 aromatic rings. The van der Waals surface area contributed by atoms with Gasteiger partial charge in [0.2, 0.25) is 0 Å². The van der Waals surface area contributed by atoms with Gasteiger partial charge in [-0.2, -0.15) is 0 Å². The molecule has 0 saturated carbocycles. The van der Waals surface area contributed by atoms with Gasteiger partial charge in [-0.1, -0.05) is 259 Å². The number of hydrogen-bond acceptors (Lipinski definition) is 0. The van der Waals surface area contributed by atoms with Crippen molar-refractivity contribution >= 4 is 0 Å². The normalized spacial score (nSPS) is 11.1. The molecular formula is C48H114. The van der Waals surface area contributed by atoms with E-state index in [1.54, 1.807) is 0 Å². The largest absolute Gasteiger partial charge is 0.0776 e.